The summed E-state index contributed by atoms with van der Waals surface area (Å²) in [5.74, 6) is 0.0377. The quantitative estimate of drug-likeness (QED) is 0.466. The van der Waals surface area contributed by atoms with E-state index in [4.69, 9.17) is 0 Å². The largest absolute Gasteiger partial charge is 0.300 e. The van der Waals surface area contributed by atoms with Crippen LogP contribution < -0.4 is 0 Å². The number of rotatable bonds is 2. The molecule has 1 aliphatic rings. The molecule has 0 saturated heterocycles. The highest BCUT2D eigenvalue weighted by molar-refractivity contribution is 5.78. The van der Waals surface area contributed by atoms with E-state index in [1.807, 2.05) is 0 Å². The van der Waals surface area contributed by atoms with Gasteiger partial charge >= 0.3 is 0 Å². The summed E-state index contributed by atoms with van der Waals surface area (Å²) in [7, 11) is 0. The average Bonchev–Trinajstić information content (AvgIpc) is 2.04. The number of hydrogen-bond donors (Lipinski definition) is 0. The fourth-order valence-corrected chi connectivity index (χ4v) is 1.72. The summed E-state index contributed by atoms with van der Waals surface area (Å²) in [5, 5.41) is 10.4. The molecule has 1 fully saturated rings. The van der Waals surface area contributed by atoms with Crippen LogP contribution in [0.2, 0.25) is 0 Å². The van der Waals surface area contributed by atoms with Gasteiger partial charge in [0.25, 0.3) is 0 Å². The van der Waals surface area contributed by atoms with Gasteiger partial charge in [-0.15, -0.1) is 0 Å². The van der Waals surface area contributed by atoms with Gasteiger partial charge in [-0.05, 0) is 19.8 Å². The van der Waals surface area contributed by atoms with E-state index in [1.165, 1.54) is 6.92 Å². The molecule has 68 valence electrons. The van der Waals surface area contributed by atoms with Crippen LogP contribution in [0.25, 0.3) is 0 Å². The minimum Gasteiger partial charge on any atom is -0.300 e. The van der Waals surface area contributed by atoms with E-state index in [2.05, 4.69) is 0 Å². The molecule has 1 aliphatic carbocycles. The lowest BCUT2D eigenvalue weighted by molar-refractivity contribution is -0.527. The van der Waals surface area contributed by atoms with Crippen molar-refractivity contribution in [2.24, 2.45) is 5.92 Å². The highest BCUT2D eigenvalue weighted by atomic mass is 16.6. The topological polar surface area (TPSA) is 60.2 Å². The number of carbonyl (C=O) groups excluding carboxylic acids is 1. The number of nitro groups is 1. The maximum atomic E-state index is 10.9. The van der Waals surface area contributed by atoms with Crippen LogP contribution in [0, 0.1) is 16.0 Å². The first-order valence-corrected chi connectivity index (χ1v) is 4.25. The molecular weight excluding hydrogens is 158 g/mol. The van der Waals surface area contributed by atoms with Crippen LogP contribution in [0.15, 0.2) is 0 Å². The van der Waals surface area contributed by atoms with Crippen molar-refractivity contribution >= 4 is 5.78 Å². The third-order valence-electron chi connectivity index (χ3n) is 2.52. The Kier molecular flexibility index (Phi) is 2.78. The van der Waals surface area contributed by atoms with Gasteiger partial charge in [0.2, 0.25) is 6.04 Å². The van der Waals surface area contributed by atoms with E-state index < -0.39 is 6.04 Å². The van der Waals surface area contributed by atoms with E-state index >= 15 is 0 Å². The molecular formula is C8H13NO3. The maximum Gasteiger partial charge on any atom is 0.213 e. The summed E-state index contributed by atoms with van der Waals surface area (Å²) < 4.78 is 0. The number of ketones is 1. The Hall–Kier alpha value is -0.930. The Labute approximate surface area is 71.1 Å². The molecule has 0 N–H and O–H groups in total. The second kappa shape index (κ2) is 3.65. The molecule has 4 nitrogen and oxygen atoms in total. The van der Waals surface area contributed by atoms with Crippen molar-refractivity contribution in [1.29, 1.82) is 0 Å². The molecule has 12 heavy (non-hydrogen) atoms. The first-order valence-electron chi connectivity index (χ1n) is 4.25. The number of nitrogens with zero attached hydrogens (tertiary/aromatic N) is 1. The SMILES string of the molecule is CC(=O)C1CCCC([N+](=O)[O-])C1. The van der Waals surface area contributed by atoms with E-state index in [0.717, 1.165) is 12.8 Å². The van der Waals surface area contributed by atoms with Crippen molar-refractivity contribution in [3.05, 3.63) is 10.1 Å². The summed E-state index contributed by atoms with van der Waals surface area (Å²) in [6, 6.07) is -0.479. The zero-order valence-corrected chi connectivity index (χ0v) is 7.16. The van der Waals surface area contributed by atoms with Gasteiger partial charge in [0.05, 0.1) is 0 Å². The molecule has 0 aromatic carbocycles. The summed E-state index contributed by atoms with van der Waals surface area (Å²) in [6.45, 7) is 1.52. The number of carbonyl (C=O) groups is 1. The highest BCUT2D eigenvalue weighted by Gasteiger charge is 2.31. The zero-order chi connectivity index (χ0) is 9.14. The standard InChI is InChI=1S/C8H13NO3/c1-6(10)7-3-2-4-8(5-7)9(11)12/h7-8H,2-5H2,1H3. The fraction of sp³-hybridized carbons (Fsp3) is 0.875. The van der Waals surface area contributed by atoms with E-state index in [0.29, 0.717) is 12.8 Å². The monoisotopic (exact) mass is 171 g/mol. The van der Waals surface area contributed by atoms with Crippen molar-refractivity contribution in [1.82, 2.24) is 0 Å². The summed E-state index contributed by atoms with van der Waals surface area (Å²) >= 11 is 0. The Bertz CT molecular complexity index is 182. The Morgan fingerprint density at radius 1 is 1.50 bits per heavy atom. The zero-order valence-electron chi connectivity index (χ0n) is 7.16. The Morgan fingerprint density at radius 3 is 2.67 bits per heavy atom. The molecule has 1 saturated carbocycles. The molecule has 1 rings (SSSR count). The molecule has 0 bridgehead atoms. The predicted octanol–water partition coefficient (Wildman–Crippen LogP) is 1.41. The van der Waals surface area contributed by atoms with Gasteiger partial charge in [-0.25, -0.2) is 0 Å². The Morgan fingerprint density at radius 2 is 2.17 bits per heavy atom. The third kappa shape index (κ3) is 2.03. The first kappa shape index (κ1) is 9.16. The van der Waals surface area contributed by atoms with Gasteiger partial charge < -0.3 is 0 Å². The molecule has 4 heteroatoms. The molecule has 0 radical (unpaired) electrons. The normalized spacial score (nSPS) is 29.8. The summed E-state index contributed by atoms with van der Waals surface area (Å²) in [6.07, 6.45) is 2.73. The van der Waals surface area contributed by atoms with Crippen LogP contribution in [0.5, 0.6) is 0 Å². The van der Waals surface area contributed by atoms with Gasteiger partial charge in [0.1, 0.15) is 5.78 Å². The van der Waals surface area contributed by atoms with Crippen LogP contribution in [0.4, 0.5) is 0 Å². The molecule has 0 aliphatic heterocycles. The lowest BCUT2D eigenvalue weighted by Gasteiger charge is -2.21. The minimum absolute atomic E-state index is 0.0610. The summed E-state index contributed by atoms with van der Waals surface area (Å²) in [5.41, 5.74) is 0. The van der Waals surface area contributed by atoms with Gasteiger partial charge in [-0.1, -0.05) is 0 Å². The maximum absolute atomic E-state index is 10.9. The van der Waals surface area contributed by atoms with Crippen LogP contribution in [0.3, 0.4) is 0 Å². The third-order valence-corrected chi connectivity index (χ3v) is 2.52. The van der Waals surface area contributed by atoms with Crippen molar-refractivity contribution in [3.8, 4) is 0 Å². The lowest BCUT2D eigenvalue weighted by atomic mass is 9.84. The average molecular weight is 171 g/mol. The van der Waals surface area contributed by atoms with Gasteiger partial charge in [0.15, 0.2) is 0 Å². The summed E-state index contributed by atoms with van der Waals surface area (Å²) in [4.78, 5) is 21.1. The van der Waals surface area contributed by atoms with E-state index in [-0.39, 0.29) is 16.6 Å². The molecule has 0 spiro atoms. The van der Waals surface area contributed by atoms with Crippen molar-refractivity contribution in [2.45, 2.75) is 38.6 Å². The van der Waals surface area contributed by atoms with E-state index in [1.54, 1.807) is 0 Å². The van der Waals surface area contributed by atoms with Crippen LogP contribution >= 0.6 is 0 Å². The van der Waals surface area contributed by atoms with E-state index in [9.17, 15) is 14.9 Å². The predicted molar refractivity (Wildman–Crippen MR) is 43.4 cm³/mol. The second-order valence-corrected chi connectivity index (χ2v) is 3.41. The lowest BCUT2D eigenvalue weighted by Crippen LogP contribution is -2.30. The molecule has 2 atom stereocenters. The van der Waals surface area contributed by atoms with Gasteiger partial charge in [-0.2, -0.15) is 0 Å². The minimum atomic E-state index is -0.479. The van der Waals surface area contributed by atoms with Crippen molar-refractivity contribution in [3.63, 3.8) is 0 Å². The molecule has 0 heterocycles. The smallest absolute Gasteiger partial charge is 0.213 e. The molecule has 0 amide bonds. The van der Waals surface area contributed by atoms with Crippen LogP contribution in [-0.2, 0) is 4.79 Å². The fourth-order valence-electron chi connectivity index (χ4n) is 1.72. The Balaban J connectivity index is 2.51. The number of hydrogen-bond acceptors (Lipinski definition) is 3. The van der Waals surface area contributed by atoms with Crippen molar-refractivity contribution in [2.75, 3.05) is 0 Å². The first-order chi connectivity index (χ1) is 5.61. The number of Topliss-reactive ketones (excluding diaryl/α,β-unsaturated/α-hetero) is 1. The van der Waals surface area contributed by atoms with Crippen LogP contribution in [-0.4, -0.2) is 16.7 Å². The van der Waals surface area contributed by atoms with Crippen LogP contribution in [0.1, 0.15) is 32.6 Å². The molecule has 0 aromatic heterocycles. The van der Waals surface area contributed by atoms with Gasteiger partial charge in [0, 0.05) is 23.7 Å². The van der Waals surface area contributed by atoms with Gasteiger partial charge in [-0.3, -0.25) is 14.9 Å². The van der Waals surface area contributed by atoms with Crippen molar-refractivity contribution < 1.29 is 9.72 Å². The molecule has 0 aromatic rings. The second-order valence-electron chi connectivity index (χ2n) is 3.41. The molecule has 2 unspecified atom stereocenters. The highest BCUT2D eigenvalue weighted by Crippen LogP contribution is 2.26.